The molecule has 0 fully saturated rings. The third kappa shape index (κ3) is 4.37. The largest absolute Gasteiger partial charge is 0.396 e. The molecule has 0 saturated heterocycles. The summed E-state index contributed by atoms with van der Waals surface area (Å²) in [5.74, 6) is -0.231. The molecule has 1 aromatic carbocycles. The van der Waals surface area contributed by atoms with Crippen molar-refractivity contribution in [3.63, 3.8) is 0 Å². The molecular formula is C15H18N2O4S2. The molecule has 8 heteroatoms. The van der Waals surface area contributed by atoms with Crippen molar-refractivity contribution in [2.24, 2.45) is 0 Å². The molecule has 2 aromatic rings. The van der Waals surface area contributed by atoms with Gasteiger partial charge in [0.1, 0.15) is 4.88 Å². The maximum atomic E-state index is 12.1. The van der Waals surface area contributed by atoms with Crippen molar-refractivity contribution >= 4 is 27.1 Å². The van der Waals surface area contributed by atoms with Gasteiger partial charge in [0.15, 0.2) is 9.84 Å². The molecule has 1 heterocycles. The van der Waals surface area contributed by atoms with Gasteiger partial charge >= 0.3 is 0 Å². The second kappa shape index (κ2) is 7.67. The topological polar surface area (TPSA) is 96.4 Å². The van der Waals surface area contributed by atoms with E-state index in [1.54, 1.807) is 24.6 Å². The van der Waals surface area contributed by atoms with Crippen LogP contribution < -0.4 is 5.32 Å². The Morgan fingerprint density at radius 2 is 2.04 bits per heavy atom. The molecule has 0 radical (unpaired) electrons. The average molecular weight is 354 g/mol. The summed E-state index contributed by atoms with van der Waals surface area (Å²) >= 11 is 1.23. The zero-order valence-electron chi connectivity index (χ0n) is 12.6. The van der Waals surface area contributed by atoms with Crippen LogP contribution in [0.4, 0.5) is 0 Å². The van der Waals surface area contributed by atoms with Gasteiger partial charge in [-0.05, 0) is 24.1 Å². The van der Waals surface area contributed by atoms with Crippen LogP contribution in [-0.4, -0.2) is 36.8 Å². The van der Waals surface area contributed by atoms with E-state index in [4.69, 9.17) is 0 Å². The predicted octanol–water partition coefficient (Wildman–Crippen LogP) is 1.79. The first-order valence-corrected chi connectivity index (χ1v) is 9.64. The summed E-state index contributed by atoms with van der Waals surface area (Å²) in [7, 11) is -3.25. The first-order chi connectivity index (χ1) is 11.0. The summed E-state index contributed by atoms with van der Waals surface area (Å²) in [4.78, 5) is 16.7. The molecule has 0 aliphatic rings. The minimum Gasteiger partial charge on any atom is -0.396 e. The number of carbonyl (C=O) groups excluding carboxylic acids is 1. The van der Waals surface area contributed by atoms with Gasteiger partial charge in [0.2, 0.25) is 0 Å². The van der Waals surface area contributed by atoms with Gasteiger partial charge in [-0.2, -0.15) is 0 Å². The number of benzene rings is 1. The van der Waals surface area contributed by atoms with E-state index >= 15 is 0 Å². The molecule has 1 amide bonds. The van der Waals surface area contributed by atoms with Gasteiger partial charge in [-0.15, -0.1) is 11.3 Å². The minimum absolute atomic E-state index is 0.0362. The maximum absolute atomic E-state index is 12.1. The Bertz CT molecular complexity index is 740. The Morgan fingerprint density at radius 3 is 2.57 bits per heavy atom. The molecule has 2 N–H and O–H groups in total. The fourth-order valence-electron chi connectivity index (χ4n) is 2.08. The fourth-order valence-corrected chi connectivity index (χ4v) is 3.49. The number of rotatable bonds is 7. The van der Waals surface area contributed by atoms with Crippen LogP contribution in [0, 0.1) is 0 Å². The van der Waals surface area contributed by atoms with Crippen molar-refractivity contribution in [1.29, 1.82) is 0 Å². The lowest BCUT2D eigenvalue weighted by atomic mass is 10.0. The van der Waals surface area contributed by atoms with Crippen molar-refractivity contribution in [3.8, 4) is 0 Å². The van der Waals surface area contributed by atoms with Gasteiger partial charge in [0.05, 0.1) is 28.4 Å². The number of carbonyl (C=O) groups is 1. The van der Waals surface area contributed by atoms with Crippen molar-refractivity contribution in [2.75, 3.05) is 12.4 Å². The number of aliphatic hydroxyl groups excluding tert-OH is 1. The lowest BCUT2D eigenvalue weighted by molar-refractivity contribution is 0.0934. The molecule has 2 rings (SSSR count). The van der Waals surface area contributed by atoms with Crippen LogP contribution in [0.3, 0.4) is 0 Å². The molecule has 124 valence electrons. The number of amides is 1. The van der Waals surface area contributed by atoms with Crippen LogP contribution in [0.5, 0.6) is 0 Å². The normalized spacial score (nSPS) is 12.8. The highest BCUT2D eigenvalue weighted by Gasteiger charge is 2.18. The predicted molar refractivity (Wildman–Crippen MR) is 88.2 cm³/mol. The van der Waals surface area contributed by atoms with Crippen LogP contribution >= 0.6 is 11.3 Å². The minimum atomic E-state index is -3.25. The molecule has 23 heavy (non-hydrogen) atoms. The first-order valence-electron chi connectivity index (χ1n) is 7.11. The summed E-state index contributed by atoms with van der Waals surface area (Å²) in [5, 5.41) is 12.0. The quantitative estimate of drug-likeness (QED) is 0.790. The van der Waals surface area contributed by atoms with Crippen LogP contribution in [0.1, 0.15) is 34.6 Å². The third-order valence-electron chi connectivity index (χ3n) is 3.40. The summed E-state index contributed by atoms with van der Waals surface area (Å²) in [6.07, 6.45) is 1.82. The molecule has 1 atom stereocenters. The lowest BCUT2D eigenvalue weighted by Gasteiger charge is -2.18. The van der Waals surface area contributed by atoms with Gasteiger partial charge in [0, 0.05) is 6.61 Å². The smallest absolute Gasteiger partial charge is 0.263 e. The zero-order valence-corrected chi connectivity index (χ0v) is 14.2. The molecule has 0 unspecified atom stereocenters. The van der Waals surface area contributed by atoms with Crippen LogP contribution in [0.25, 0.3) is 0 Å². The Kier molecular flexibility index (Phi) is 5.86. The number of aliphatic hydroxyl groups is 1. The van der Waals surface area contributed by atoms with Gasteiger partial charge in [-0.3, -0.25) is 9.78 Å². The lowest BCUT2D eigenvalue weighted by Crippen LogP contribution is -2.28. The van der Waals surface area contributed by atoms with E-state index in [-0.39, 0.29) is 23.2 Å². The number of aromatic nitrogens is 1. The van der Waals surface area contributed by atoms with Gasteiger partial charge in [-0.1, -0.05) is 19.1 Å². The number of nitrogens with one attached hydrogen (secondary N) is 1. The van der Waals surface area contributed by atoms with Crippen molar-refractivity contribution in [2.45, 2.75) is 24.3 Å². The molecule has 0 aliphatic heterocycles. The van der Waals surface area contributed by atoms with Crippen LogP contribution in [0.15, 0.2) is 40.9 Å². The SMILES string of the molecule is CCS(=O)(=O)c1ccc([C@H](CCO)NC(=O)c2cncs2)cc1. The van der Waals surface area contributed by atoms with E-state index in [2.05, 4.69) is 10.3 Å². The van der Waals surface area contributed by atoms with Crippen molar-refractivity contribution < 1.29 is 18.3 Å². The van der Waals surface area contributed by atoms with Gasteiger partial charge in [0.25, 0.3) is 5.91 Å². The molecule has 0 bridgehead atoms. The highest BCUT2D eigenvalue weighted by molar-refractivity contribution is 7.91. The third-order valence-corrected chi connectivity index (χ3v) is 5.92. The van der Waals surface area contributed by atoms with Gasteiger partial charge in [-0.25, -0.2) is 8.42 Å². The highest BCUT2D eigenvalue weighted by Crippen LogP contribution is 2.21. The maximum Gasteiger partial charge on any atom is 0.263 e. The van der Waals surface area contributed by atoms with E-state index in [1.807, 2.05) is 0 Å². The molecule has 1 aromatic heterocycles. The average Bonchev–Trinajstić information content (AvgIpc) is 3.09. The Balaban J connectivity index is 2.19. The summed E-state index contributed by atoms with van der Waals surface area (Å²) in [5.41, 5.74) is 2.31. The molecular weight excluding hydrogens is 336 g/mol. The Morgan fingerprint density at radius 1 is 1.35 bits per heavy atom. The number of thiazole rings is 1. The summed E-state index contributed by atoms with van der Waals surface area (Å²) in [6.45, 7) is 1.50. The second-order valence-corrected chi connectivity index (χ2v) is 8.04. The number of sulfone groups is 1. The zero-order chi connectivity index (χ0) is 16.9. The van der Waals surface area contributed by atoms with E-state index < -0.39 is 15.9 Å². The second-order valence-electron chi connectivity index (χ2n) is 4.88. The molecule has 6 nitrogen and oxygen atoms in total. The fraction of sp³-hybridized carbons (Fsp3) is 0.333. The van der Waals surface area contributed by atoms with Gasteiger partial charge < -0.3 is 10.4 Å². The number of nitrogens with zero attached hydrogens (tertiary/aromatic N) is 1. The van der Waals surface area contributed by atoms with Crippen molar-refractivity contribution in [3.05, 3.63) is 46.4 Å². The monoisotopic (exact) mass is 354 g/mol. The standard InChI is InChI=1S/C15H18N2O4S2/c1-2-23(20,21)12-5-3-11(4-6-12)13(7-8-18)17-15(19)14-9-16-10-22-14/h3-6,9-10,13,18H,2,7-8H2,1H3,(H,17,19)/t13-/m0/s1. The molecule has 0 aliphatic carbocycles. The highest BCUT2D eigenvalue weighted by atomic mass is 32.2. The van der Waals surface area contributed by atoms with Crippen molar-refractivity contribution in [1.82, 2.24) is 10.3 Å². The van der Waals surface area contributed by atoms with E-state index in [1.165, 1.54) is 29.7 Å². The number of hydrogen-bond donors (Lipinski definition) is 2. The molecule has 0 saturated carbocycles. The van der Waals surface area contributed by atoms with E-state index in [0.29, 0.717) is 11.3 Å². The number of hydrogen-bond acceptors (Lipinski definition) is 6. The summed E-state index contributed by atoms with van der Waals surface area (Å²) < 4.78 is 23.7. The Labute approximate surface area is 139 Å². The summed E-state index contributed by atoms with van der Waals surface area (Å²) in [6, 6.07) is 5.98. The van der Waals surface area contributed by atoms with Crippen LogP contribution in [0.2, 0.25) is 0 Å². The van der Waals surface area contributed by atoms with E-state index in [9.17, 15) is 18.3 Å². The Hall–Kier alpha value is -1.77. The first kappa shape index (κ1) is 17.6. The van der Waals surface area contributed by atoms with Crippen LogP contribution in [-0.2, 0) is 9.84 Å². The molecule has 0 spiro atoms. The van der Waals surface area contributed by atoms with E-state index in [0.717, 1.165) is 5.56 Å².